The molecule has 0 saturated carbocycles. The summed E-state index contributed by atoms with van der Waals surface area (Å²) >= 11 is 1.63. The summed E-state index contributed by atoms with van der Waals surface area (Å²) in [6.07, 6.45) is 3.56. The van der Waals surface area contributed by atoms with Gasteiger partial charge in [0.25, 0.3) is 0 Å². The first-order valence-electron chi connectivity index (χ1n) is 5.55. The lowest BCUT2D eigenvalue weighted by Crippen LogP contribution is -2.35. The van der Waals surface area contributed by atoms with E-state index in [1.54, 1.807) is 23.9 Å². The van der Waals surface area contributed by atoms with E-state index >= 15 is 0 Å². The largest absolute Gasteiger partial charge is 0.305 e. The van der Waals surface area contributed by atoms with Gasteiger partial charge in [0.05, 0.1) is 13.1 Å². The summed E-state index contributed by atoms with van der Waals surface area (Å²) in [4.78, 5) is 8.49. The average Bonchev–Trinajstić information content (AvgIpc) is 2.86. The van der Waals surface area contributed by atoms with Crippen LogP contribution in [0, 0.1) is 0 Å². The molecule has 2 aromatic heterocycles. The second-order valence-corrected chi connectivity index (χ2v) is 5.87. The van der Waals surface area contributed by atoms with Crippen molar-refractivity contribution in [3.05, 3.63) is 28.7 Å². The molecule has 0 atom stereocenters. The highest BCUT2D eigenvalue weighted by Crippen LogP contribution is 2.06. The molecule has 0 fully saturated rings. The second-order valence-electron chi connectivity index (χ2n) is 4.89. The number of rotatable bonds is 4. The van der Waals surface area contributed by atoms with E-state index in [4.69, 9.17) is 0 Å². The van der Waals surface area contributed by atoms with Gasteiger partial charge in [-0.05, 0) is 20.8 Å². The van der Waals surface area contributed by atoms with Gasteiger partial charge >= 0.3 is 0 Å². The summed E-state index contributed by atoms with van der Waals surface area (Å²) in [5.41, 5.74) is 0.0841. The number of nitrogens with zero attached hydrogens (tertiary/aromatic N) is 4. The second kappa shape index (κ2) is 4.93. The standard InChI is InChI=1S/C11H17N5S/c1-11(2,3)14-6-9-13-8-16(15-9)7-10-12-4-5-17-10/h4-5,8,14H,6-7H2,1-3H3. The molecular weight excluding hydrogens is 234 g/mol. The highest BCUT2D eigenvalue weighted by Gasteiger charge is 2.10. The lowest BCUT2D eigenvalue weighted by atomic mass is 10.1. The number of hydrogen-bond acceptors (Lipinski definition) is 5. The van der Waals surface area contributed by atoms with Gasteiger partial charge in [-0.1, -0.05) is 0 Å². The molecule has 0 unspecified atom stereocenters. The van der Waals surface area contributed by atoms with E-state index in [0.29, 0.717) is 13.1 Å². The van der Waals surface area contributed by atoms with Crippen LogP contribution in [0.4, 0.5) is 0 Å². The third kappa shape index (κ3) is 3.90. The van der Waals surface area contributed by atoms with Gasteiger partial charge in [0.2, 0.25) is 0 Å². The fourth-order valence-electron chi connectivity index (χ4n) is 1.30. The lowest BCUT2D eigenvalue weighted by molar-refractivity contribution is 0.417. The highest BCUT2D eigenvalue weighted by molar-refractivity contribution is 7.09. The van der Waals surface area contributed by atoms with Gasteiger partial charge in [0.15, 0.2) is 5.82 Å². The Morgan fingerprint density at radius 2 is 2.18 bits per heavy atom. The van der Waals surface area contributed by atoms with Crippen molar-refractivity contribution in [3.63, 3.8) is 0 Å². The van der Waals surface area contributed by atoms with Crippen molar-refractivity contribution in [1.82, 2.24) is 25.1 Å². The Kier molecular flexibility index (Phi) is 3.54. The van der Waals surface area contributed by atoms with Crippen LogP contribution in [-0.4, -0.2) is 25.3 Å². The molecule has 0 saturated heterocycles. The molecule has 17 heavy (non-hydrogen) atoms. The first-order valence-corrected chi connectivity index (χ1v) is 6.43. The summed E-state index contributed by atoms with van der Waals surface area (Å²) in [5, 5.41) is 10.8. The smallest absolute Gasteiger partial charge is 0.164 e. The molecule has 0 aliphatic carbocycles. The van der Waals surface area contributed by atoms with Crippen LogP contribution >= 0.6 is 11.3 Å². The molecule has 0 bridgehead atoms. The maximum atomic E-state index is 4.40. The van der Waals surface area contributed by atoms with Gasteiger partial charge in [-0.2, -0.15) is 5.10 Å². The Labute approximate surface area is 105 Å². The van der Waals surface area contributed by atoms with Crippen LogP contribution in [0.1, 0.15) is 31.6 Å². The minimum atomic E-state index is 0.0841. The third-order valence-corrected chi connectivity index (χ3v) is 2.91. The van der Waals surface area contributed by atoms with E-state index in [2.05, 4.69) is 41.2 Å². The first kappa shape index (κ1) is 12.2. The van der Waals surface area contributed by atoms with Crippen molar-refractivity contribution in [1.29, 1.82) is 0 Å². The zero-order valence-electron chi connectivity index (χ0n) is 10.3. The Hall–Kier alpha value is -1.27. The zero-order chi connectivity index (χ0) is 12.3. The Morgan fingerprint density at radius 3 is 2.82 bits per heavy atom. The predicted molar refractivity (Wildman–Crippen MR) is 67.8 cm³/mol. The molecule has 0 aromatic carbocycles. The summed E-state index contributed by atoms with van der Waals surface area (Å²) < 4.78 is 1.82. The van der Waals surface area contributed by atoms with E-state index < -0.39 is 0 Å². The summed E-state index contributed by atoms with van der Waals surface area (Å²) in [6, 6.07) is 0. The van der Waals surface area contributed by atoms with Gasteiger partial charge in [-0.3, -0.25) is 0 Å². The average molecular weight is 251 g/mol. The topological polar surface area (TPSA) is 55.6 Å². The number of aromatic nitrogens is 4. The molecular formula is C11H17N5S. The van der Waals surface area contributed by atoms with Crippen molar-refractivity contribution in [2.75, 3.05) is 0 Å². The maximum absolute atomic E-state index is 4.40. The minimum Gasteiger partial charge on any atom is -0.305 e. The third-order valence-electron chi connectivity index (χ3n) is 2.14. The zero-order valence-corrected chi connectivity index (χ0v) is 11.2. The molecule has 0 aliphatic rings. The van der Waals surface area contributed by atoms with Gasteiger partial charge in [0.1, 0.15) is 11.3 Å². The van der Waals surface area contributed by atoms with E-state index in [1.807, 2.05) is 10.1 Å². The van der Waals surface area contributed by atoms with Crippen LogP contribution in [-0.2, 0) is 13.1 Å². The van der Waals surface area contributed by atoms with E-state index in [1.165, 1.54) is 0 Å². The normalized spacial score (nSPS) is 11.9. The summed E-state index contributed by atoms with van der Waals surface area (Å²) in [6.45, 7) is 7.76. The molecule has 1 N–H and O–H groups in total. The quantitative estimate of drug-likeness (QED) is 0.898. The molecule has 6 heteroatoms. The number of hydrogen-bond donors (Lipinski definition) is 1. The van der Waals surface area contributed by atoms with Crippen LogP contribution in [0.5, 0.6) is 0 Å². The predicted octanol–water partition coefficient (Wildman–Crippen LogP) is 1.67. The van der Waals surface area contributed by atoms with E-state index in [0.717, 1.165) is 10.8 Å². The van der Waals surface area contributed by atoms with Crippen LogP contribution < -0.4 is 5.32 Å². The van der Waals surface area contributed by atoms with Crippen molar-refractivity contribution in [2.24, 2.45) is 0 Å². The van der Waals surface area contributed by atoms with Crippen molar-refractivity contribution >= 4 is 11.3 Å². The Bertz CT molecular complexity index is 454. The maximum Gasteiger partial charge on any atom is 0.164 e. The van der Waals surface area contributed by atoms with E-state index in [-0.39, 0.29) is 5.54 Å². The fourth-order valence-corrected chi connectivity index (χ4v) is 1.91. The SMILES string of the molecule is CC(C)(C)NCc1ncn(Cc2nccs2)n1. The van der Waals surface area contributed by atoms with Crippen molar-refractivity contribution in [2.45, 2.75) is 39.4 Å². The van der Waals surface area contributed by atoms with Gasteiger partial charge in [-0.15, -0.1) is 11.3 Å². The van der Waals surface area contributed by atoms with Crippen LogP contribution in [0.25, 0.3) is 0 Å². The molecule has 2 heterocycles. The van der Waals surface area contributed by atoms with Crippen molar-refractivity contribution < 1.29 is 0 Å². The fraction of sp³-hybridized carbons (Fsp3) is 0.545. The lowest BCUT2D eigenvalue weighted by Gasteiger charge is -2.18. The van der Waals surface area contributed by atoms with Crippen LogP contribution in [0.3, 0.4) is 0 Å². The monoisotopic (exact) mass is 251 g/mol. The van der Waals surface area contributed by atoms with E-state index in [9.17, 15) is 0 Å². The molecule has 5 nitrogen and oxygen atoms in total. The Balaban J connectivity index is 1.92. The molecule has 2 rings (SSSR count). The van der Waals surface area contributed by atoms with Crippen LogP contribution in [0.2, 0.25) is 0 Å². The van der Waals surface area contributed by atoms with Crippen LogP contribution in [0.15, 0.2) is 17.9 Å². The van der Waals surface area contributed by atoms with Gasteiger partial charge in [0, 0.05) is 17.1 Å². The molecule has 0 spiro atoms. The van der Waals surface area contributed by atoms with Gasteiger partial charge in [-0.25, -0.2) is 14.6 Å². The molecule has 0 aliphatic heterocycles. The number of thiazole rings is 1. The molecule has 0 radical (unpaired) electrons. The van der Waals surface area contributed by atoms with Gasteiger partial charge < -0.3 is 5.32 Å². The first-order chi connectivity index (χ1) is 8.03. The van der Waals surface area contributed by atoms with Crippen molar-refractivity contribution in [3.8, 4) is 0 Å². The highest BCUT2D eigenvalue weighted by atomic mass is 32.1. The molecule has 0 amide bonds. The summed E-state index contributed by atoms with van der Waals surface area (Å²) in [5.74, 6) is 0.816. The summed E-state index contributed by atoms with van der Waals surface area (Å²) in [7, 11) is 0. The molecule has 92 valence electrons. The Morgan fingerprint density at radius 1 is 1.35 bits per heavy atom. The molecule has 2 aromatic rings. The minimum absolute atomic E-state index is 0.0841. The number of nitrogens with one attached hydrogen (secondary N) is 1.